The minimum absolute atomic E-state index is 0.00905. The van der Waals surface area contributed by atoms with E-state index in [1.54, 1.807) is 19.2 Å². The molecule has 0 bridgehead atoms. The zero-order valence-corrected chi connectivity index (χ0v) is 14.7. The van der Waals surface area contributed by atoms with Gasteiger partial charge in [0.1, 0.15) is 5.75 Å². The fraction of sp³-hybridized carbons (Fsp3) is 0.118. The molecule has 1 aromatic heterocycles. The molecule has 1 aliphatic heterocycles. The normalized spacial score (nSPS) is 16.4. The number of fused-ring (bicyclic) bond motifs is 3. The van der Waals surface area contributed by atoms with E-state index in [9.17, 15) is 13.5 Å². The lowest BCUT2D eigenvalue weighted by Gasteiger charge is -2.35. The Labute approximate surface area is 149 Å². The molecule has 0 radical (unpaired) electrons. The first-order valence-corrected chi connectivity index (χ1v) is 9.38. The van der Waals surface area contributed by atoms with Crippen molar-refractivity contribution in [2.45, 2.75) is 17.9 Å². The second-order valence-electron chi connectivity index (χ2n) is 5.83. The number of H-pyrrole nitrogens is 1. The van der Waals surface area contributed by atoms with Gasteiger partial charge >= 0.3 is 0 Å². The molecule has 0 fully saturated rings. The van der Waals surface area contributed by atoms with E-state index in [1.807, 2.05) is 0 Å². The smallest absolute Gasteiger partial charge is 0.264 e. The first kappa shape index (κ1) is 16.0. The van der Waals surface area contributed by atoms with E-state index in [0.717, 1.165) is 11.3 Å². The number of sulfonamides is 1. The Morgan fingerprint density at radius 2 is 1.92 bits per heavy atom. The number of halogens is 1. The predicted molar refractivity (Wildman–Crippen MR) is 95.2 cm³/mol. The van der Waals surface area contributed by atoms with E-state index in [0.29, 0.717) is 16.3 Å². The summed E-state index contributed by atoms with van der Waals surface area (Å²) in [5.74, 6) is -0.00905. The van der Waals surface area contributed by atoms with Crippen LogP contribution in [0.3, 0.4) is 0 Å². The molecule has 1 atom stereocenters. The minimum atomic E-state index is -3.86. The summed E-state index contributed by atoms with van der Waals surface area (Å²) in [6.45, 7) is 1.79. The number of benzene rings is 2. The Morgan fingerprint density at radius 1 is 1.20 bits per heavy atom. The lowest BCUT2D eigenvalue weighted by Crippen LogP contribution is -2.36. The van der Waals surface area contributed by atoms with Crippen LogP contribution in [0.5, 0.6) is 5.75 Å². The highest BCUT2D eigenvalue weighted by molar-refractivity contribution is 7.92. The number of aromatic hydroxyl groups is 1. The van der Waals surface area contributed by atoms with E-state index in [1.165, 1.54) is 40.7 Å². The van der Waals surface area contributed by atoms with Crippen molar-refractivity contribution in [1.29, 1.82) is 0 Å². The monoisotopic (exact) mass is 375 g/mol. The molecule has 2 heterocycles. The average Bonchev–Trinajstić information content (AvgIpc) is 3.05. The number of anilines is 1. The van der Waals surface area contributed by atoms with Gasteiger partial charge in [-0.3, -0.25) is 9.40 Å². The highest BCUT2D eigenvalue weighted by Gasteiger charge is 2.38. The second kappa shape index (κ2) is 5.50. The minimum Gasteiger partial charge on any atom is -0.508 e. The molecule has 6 nitrogen and oxygen atoms in total. The summed E-state index contributed by atoms with van der Waals surface area (Å²) in [5.41, 5.74) is 2.60. The van der Waals surface area contributed by atoms with Crippen molar-refractivity contribution >= 4 is 27.3 Å². The first-order valence-electron chi connectivity index (χ1n) is 7.56. The van der Waals surface area contributed by atoms with Crippen LogP contribution in [0.25, 0.3) is 11.3 Å². The quantitative estimate of drug-likeness (QED) is 0.715. The van der Waals surface area contributed by atoms with Crippen molar-refractivity contribution in [3.05, 3.63) is 59.2 Å². The molecule has 2 aromatic carbocycles. The van der Waals surface area contributed by atoms with E-state index in [4.69, 9.17) is 11.6 Å². The maximum Gasteiger partial charge on any atom is 0.264 e. The van der Waals surface area contributed by atoms with Gasteiger partial charge in [0.15, 0.2) is 0 Å². The summed E-state index contributed by atoms with van der Waals surface area (Å²) in [6.07, 6.45) is 1.63. The topological polar surface area (TPSA) is 86.3 Å². The molecule has 0 saturated carbocycles. The van der Waals surface area contributed by atoms with Gasteiger partial charge in [-0.1, -0.05) is 11.6 Å². The van der Waals surface area contributed by atoms with Gasteiger partial charge in [0.25, 0.3) is 10.0 Å². The standard InChI is InChI=1S/C17H14ClN3O3S/c1-10-15-9-19-20-17(15)14-7-4-12(22)8-16(14)21(10)25(23,24)13-5-2-11(18)3-6-13/h2-10,22H,1H3,(H,19,20). The van der Waals surface area contributed by atoms with Gasteiger partial charge in [-0.05, 0) is 43.3 Å². The Hall–Kier alpha value is -2.51. The van der Waals surface area contributed by atoms with Crippen molar-refractivity contribution in [2.75, 3.05) is 4.31 Å². The highest BCUT2D eigenvalue weighted by atomic mass is 35.5. The van der Waals surface area contributed by atoms with E-state index in [2.05, 4.69) is 10.2 Å². The third-order valence-corrected chi connectivity index (χ3v) is 6.48. The van der Waals surface area contributed by atoms with Crippen LogP contribution in [-0.4, -0.2) is 23.7 Å². The lowest BCUT2D eigenvalue weighted by atomic mass is 9.97. The molecule has 1 aliphatic rings. The molecule has 128 valence electrons. The fourth-order valence-electron chi connectivity index (χ4n) is 3.13. The van der Waals surface area contributed by atoms with Crippen molar-refractivity contribution in [1.82, 2.24) is 10.2 Å². The Morgan fingerprint density at radius 3 is 2.64 bits per heavy atom. The van der Waals surface area contributed by atoms with Crippen molar-refractivity contribution in [2.24, 2.45) is 0 Å². The van der Waals surface area contributed by atoms with E-state index in [-0.39, 0.29) is 10.6 Å². The number of aromatic amines is 1. The Kier molecular flexibility index (Phi) is 3.52. The third-order valence-electron chi connectivity index (χ3n) is 4.33. The molecule has 3 aromatic rings. The number of hydrogen-bond acceptors (Lipinski definition) is 4. The van der Waals surface area contributed by atoms with Gasteiger partial charge < -0.3 is 5.11 Å². The number of nitrogens with one attached hydrogen (secondary N) is 1. The van der Waals surface area contributed by atoms with Crippen molar-refractivity contribution in [3.8, 4) is 17.0 Å². The molecular formula is C17H14ClN3O3S. The number of phenols is 1. The van der Waals surface area contributed by atoms with Crippen LogP contribution in [0.4, 0.5) is 5.69 Å². The molecule has 8 heteroatoms. The summed E-state index contributed by atoms with van der Waals surface area (Å²) in [4.78, 5) is 0.130. The zero-order chi connectivity index (χ0) is 17.8. The number of hydrogen-bond donors (Lipinski definition) is 2. The van der Waals surface area contributed by atoms with E-state index >= 15 is 0 Å². The zero-order valence-electron chi connectivity index (χ0n) is 13.1. The molecule has 0 amide bonds. The van der Waals surface area contributed by atoms with Gasteiger partial charge in [-0.2, -0.15) is 5.10 Å². The van der Waals surface area contributed by atoms with E-state index < -0.39 is 16.1 Å². The molecule has 0 saturated heterocycles. The first-order chi connectivity index (χ1) is 11.9. The van der Waals surface area contributed by atoms with Crippen molar-refractivity contribution < 1.29 is 13.5 Å². The molecule has 25 heavy (non-hydrogen) atoms. The Bertz CT molecular complexity index is 1060. The van der Waals surface area contributed by atoms with Crippen LogP contribution in [0, 0.1) is 0 Å². The van der Waals surface area contributed by atoms with Crippen LogP contribution < -0.4 is 4.31 Å². The fourth-order valence-corrected chi connectivity index (χ4v) is 4.91. The van der Waals surface area contributed by atoms with Crippen LogP contribution >= 0.6 is 11.6 Å². The molecular weight excluding hydrogens is 362 g/mol. The highest BCUT2D eigenvalue weighted by Crippen LogP contribution is 2.47. The van der Waals surface area contributed by atoms with Gasteiger partial charge in [0, 0.05) is 22.2 Å². The maximum absolute atomic E-state index is 13.3. The largest absolute Gasteiger partial charge is 0.508 e. The SMILES string of the molecule is CC1c2cn[nH]c2-c2ccc(O)cc2N1S(=O)(=O)c1ccc(Cl)cc1. The summed E-state index contributed by atoms with van der Waals surface area (Å²) in [5, 5.41) is 17.3. The molecule has 0 spiro atoms. The van der Waals surface area contributed by atoms with Crippen LogP contribution in [0.15, 0.2) is 53.6 Å². The summed E-state index contributed by atoms with van der Waals surface area (Å²) >= 11 is 5.88. The van der Waals surface area contributed by atoms with Crippen molar-refractivity contribution in [3.63, 3.8) is 0 Å². The van der Waals surface area contributed by atoms with Gasteiger partial charge in [-0.15, -0.1) is 0 Å². The Balaban J connectivity index is 1.96. The van der Waals surface area contributed by atoms with Gasteiger partial charge in [0.2, 0.25) is 0 Å². The third kappa shape index (κ3) is 2.39. The van der Waals surface area contributed by atoms with Gasteiger partial charge in [0.05, 0.1) is 28.5 Å². The summed E-state index contributed by atoms with van der Waals surface area (Å²) < 4.78 is 27.9. The number of rotatable bonds is 2. The van der Waals surface area contributed by atoms with Crippen LogP contribution in [-0.2, 0) is 10.0 Å². The number of aromatic nitrogens is 2. The number of phenolic OH excluding ortho intramolecular Hbond substituents is 1. The number of nitrogens with zero attached hydrogens (tertiary/aromatic N) is 2. The molecule has 4 rings (SSSR count). The summed E-state index contributed by atoms with van der Waals surface area (Å²) in [6, 6.07) is 10.2. The average molecular weight is 376 g/mol. The predicted octanol–water partition coefficient (Wildman–Crippen LogP) is 3.71. The van der Waals surface area contributed by atoms with Crippen LogP contribution in [0.1, 0.15) is 18.5 Å². The molecule has 0 aliphatic carbocycles. The lowest BCUT2D eigenvalue weighted by molar-refractivity contribution is 0.475. The second-order valence-corrected chi connectivity index (χ2v) is 8.08. The van der Waals surface area contributed by atoms with Gasteiger partial charge in [-0.25, -0.2) is 8.42 Å². The maximum atomic E-state index is 13.3. The molecule has 1 unspecified atom stereocenters. The molecule has 2 N–H and O–H groups in total. The van der Waals surface area contributed by atoms with Crippen LogP contribution in [0.2, 0.25) is 5.02 Å². The summed E-state index contributed by atoms with van der Waals surface area (Å²) in [7, 11) is -3.86.